The number of aliphatic hydroxyl groups is 1. The van der Waals surface area contributed by atoms with Crippen molar-refractivity contribution < 1.29 is 9.90 Å². The van der Waals surface area contributed by atoms with Crippen molar-refractivity contribution in [3.8, 4) is 0 Å². The highest BCUT2D eigenvalue weighted by Gasteiger charge is 2.28. The molecule has 0 unspecified atom stereocenters. The fraction of sp³-hybridized carbons (Fsp3) is 0.308. The molecule has 7 nitrogen and oxygen atoms in total. The molecule has 0 bridgehead atoms. The van der Waals surface area contributed by atoms with Gasteiger partial charge in [0, 0.05) is 61.0 Å². The van der Waals surface area contributed by atoms with Crippen LogP contribution >= 0.6 is 0 Å². The fourth-order valence-corrected chi connectivity index (χ4v) is 4.74. The van der Waals surface area contributed by atoms with Gasteiger partial charge in [0.15, 0.2) is 5.69 Å². The van der Waals surface area contributed by atoms with E-state index in [-0.39, 0.29) is 12.5 Å². The van der Waals surface area contributed by atoms with Crippen molar-refractivity contribution in [3.63, 3.8) is 0 Å². The first kappa shape index (κ1) is 21.4. The van der Waals surface area contributed by atoms with E-state index in [0.29, 0.717) is 25.3 Å². The zero-order valence-electron chi connectivity index (χ0n) is 18.8. The monoisotopic (exact) mass is 443 g/mol. The number of aromatic amines is 1. The molecule has 1 amide bonds. The Labute approximate surface area is 193 Å². The topological polar surface area (TPSA) is 86.2 Å². The molecular formula is C26H29N5O2. The standard InChI is InChI=1S/C26H29N5O2/c1-18-6-5-9-21-20(15-27-24(18)21)16-30-11-10-23-22(17-30)25(29-31(23)12-13-32)26(33)28-14-19-7-3-2-4-8-19/h2-9,15,27,32H,10-14,16-17H2,1H3,(H,28,33). The van der Waals surface area contributed by atoms with Crippen LogP contribution in [0.25, 0.3) is 10.9 Å². The van der Waals surface area contributed by atoms with Crippen molar-refractivity contribution in [2.45, 2.75) is 39.5 Å². The van der Waals surface area contributed by atoms with Gasteiger partial charge in [0.25, 0.3) is 5.91 Å². The Kier molecular flexibility index (Phi) is 5.98. The summed E-state index contributed by atoms with van der Waals surface area (Å²) in [4.78, 5) is 18.9. The van der Waals surface area contributed by atoms with Crippen LogP contribution in [0.4, 0.5) is 0 Å². The first-order chi connectivity index (χ1) is 16.1. The summed E-state index contributed by atoms with van der Waals surface area (Å²) in [7, 11) is 0. The van der Waals surface area contributed by atoms with Crippen molar-refractivity contribution in [1.29, 1.82) is 0 Å². The smallest absolute Gasteiger partial charge is 0.272 e. The van der Waals surface area contributed by atoms with Gasteiger partial charge in [-0.3, -0.25) is 14.4 Å². The molecule has 3 N–H and O–H groups in total. The summed E-state index contributed by atoms with van der Waals surface area (Å²) >= 11 is 0. The molecule has 0 radical (unpaired) electrons. The summed E-state index contributed by atoms with van der Waals surface area (Å²) in [5, 5.41) is 18.3. The van der Waals surface area contributed by atoms with Crippen LogP contribution in [0.1, 0.15) is 38.4 Å². The number of hydrogen-bond donors (Lipinski definition) is 3. The van der Waals surface area contributed by atoms with E-state index in [1.165, 1.54) is 22.0 Å². The minimum absolute atomic E-state index is 0.00238. The van der Waals surface area contributed by atoms with Crippen LogP contribution in [0, 0.1) is 6.92 Å². The van der Waals surface area contributed by atoms with Crippen molar-refractivity contribution >= 4 is 16.8 Å². The minimum atomic E-state index is -0.170. The van der Waals surface area contributed by atoms with Gasteiger partial charge in [-0.1, -0.05) is 48.5 Å². The second-order valence-corrected chi connectivity index (χ2v) is 8.66. The third-order valence-electron chi connectivity index (χ3n) is 6.44. The van der Waals surface area contributed by atoms with E-state index in [9.17, 15) is 9.90 Å². The second-order valence-electron chi connectivity index (χ2n) is 8.66. The maximum atomic E-state index is 13.1. The molecule has 33 heavy (non-hydrogen) atoms. The van der Waals surface area contributed by atoms with E-state index < -0.39 is 0 Å². The normalized spacial score (nSPS) is 13.9. The summed E-state index contributed by atoms with van der Waals surface area (Å²) in [5.74, 6) is -0.170. The van der Waals surface area contributed by atoms with Gasteiger partial charge < -0.3 is 15.4 Å². The maximum Gasteiger partial charge on any atom is 0.272 e. The molecule has 3 heterocycles. The molecule has 2 aromatic carbocycles. The molecule has 0 fully saturated rings. The van der Waals surface area contributed by atoms with Crippen LogP contribution in [0.2, 0.25) is 0 Å². The second kappa shape index (κ2) is 9.21. The van der Waals surface area contributed by atoms with Crippen molar-refractivity contribution in [1.82, 2.24) is 25.0 Å². The summed E-state index contributed by atoms with van der Waals surface area (Å²) in [6.45, 7) is 5.32. The Bertz CT molecular complexity index is 1270. The average molecular weight is 444 g/mol. The summed E-state index contributed by atoms with van der Waals surface area (Å²) in [5.41, 5.74) is 7.22. The van der Waals surface area contributed by atoms with Crippen LogP contribution in [0.15, 0.2) is 54.7 Å². The Morgan fingerprint density at radius 3 is 2.85 bits per heavy atom. The van der Waals surface area contributed by atoms with Gasteiger partial charge in [0.05, 0.1) is 13.2 Å². The minimum Gasteiger partial charge on any atom is -0.394 e. The van der Waals surface area contributed by atoms with Crippen LogP contribution in [-0.2, 0) is 32.6 Å². The molecule has 1 aliphatic rings. The third-order valence-corrected chi connectivity index (χ3v) is 6.44. The number of hydrogen-bond acceptors (Lipinski definition) is 4. The molecule has 4 aromatic rings. The number of carbonyl (C=O) groups excluding carboxylic acids is 1. The summed E-state index contributed by atoms with van der Waals surface area (Å²) in [6.07, 6.45) is 2.89. The summed E-state index contributed by atoms with van der Waals surface area (Å²) in [6, 6.07) is 16.2. The first-order valence-electron chi connectivity index (χ1n) is 11.4. The van der Waals surface area contributed by atoms with Gasteiger partial charge in [-0.15, -0.1) is 0 Å². The number of H-pyrrole nitrogens is 1. The number of amides is 1. The molecule has 0 spiro atoms. The zero-order chi connectivity index (χ0) is 22.8. The quantitative estimate of drug-likeness (QED) is 0.410. The zero-order valence-corrected chi connectivity index (χ0v) is 18.8. The number of rotatable bonds is 7. The third kappa shape index (κ3) is 4.29. The van der Waals surface area contributed by atoms with Crippen molar-refractivity contribution in [2.75, 3.05) is 13.2 Å². The predicted molar refractivity (Wildman–Crippen MR) is 128 cm³/mol. The molecule has 0 saturated carbocycles. The Morgan fingerprint density at radius 2 is 2.03 bits per heavy atom. The highest BCUT2D eigenvalue weighted by atomic mass is 16.3. The number of para-hydroxylation sites is 1. The molecule has 5 rings (SSSR count). The highest BCUT2D eigenvalue weighted by molar-refractivity contribution is 5.94. The lowest BCUT2D eigenvalue weighted by Crippen LogP contribution is -2.32. The molecule has 170 valence electrons. The van der Waals surface area contributed by atoms with Crippen LogP contribution in [0.3, 0.4) is 0 Å². The first-order valence-corrected chi connectivity index (χ1v) is 11.4. The number of benzene rings is 2. The predicted octanol–water partition coefficient (Wildman–Crippen LogP) is 3.15. The SMILES string of the molecule is Cc1cccc2c(CN3CCc4c(c(C(=O)NCc5ccccc5)nn4CCO)C3)c[nH]c12. The van der Waals surface area contributed by atoms with Crippen molar-refractivity contribution in [2.24, 2.45) is 0 Å². The molecule has 0 atom stereocenters. The molecule has 1 aliphatic heterocycles. The van der Waals surface area contributed by atoms with Gasteiger partial charge in [0.1, 0.15) is 0 Å². The van der Waals surface area contributed by atoms with Gasteiger partial charge in [0.2, 0.25) is 0 Å². The number of aliphatic hydroxyl groups excluding tert-OH is 1. The van der Waals surface area contributed by atoms with E-state index in [4.69, 9.17) is 0 Å². The van der Waals surface area contributed by atoms with E-state index >= 15 is 0 Å². The fourth-order valence-electron chi connectivity index (χ4n) is 4.74. The van der Waals surface area contributed by atoms with E-state index in [2.05, 4.69) is 51.6 Å². The average Bonchev–Trinajstić information content (AvgIpc) is 3.41. The van der Waals surface area contributed by atoms with Crippen LogP contribution in [0.5, 0.6) is 0 Å². The van der Waals surface area contributed by atoms with Gasteiger partial charge in [-0.25, -0.2) is 0 Å². The number of carbonyl (C=O) groups is 1. The Balaban J connectivity index is 1.37. The molecule has 2 aromatic heterocycles. The lowest BCUT2D eigenvalue weighted by molar-refractivity contribution is 0.0942. The number of aromatic nitrogens is 3. The lowest BCUT2D eigenvalue weighted by atomic mass is 10.0. The molecular weight excluding hydrogens is 414 g/mol. The number of nitrogens with one attached hydrogen (secondary N) is 2. The summed E-state index contributed by atoms with van der Waals surface area (Å²) < 4.78 is 1.80. The molecule has 7 heteroatoms. The Morgan fingerprint density at radius 1 is 1.18 bits per heavy atom. The van der Waals surface area contributed by atoms with Crippen LogP contribution in [-0.4, -0.2) is 43.8 Å². The molecule has 0 saturated heterocycles. The van der Waals surface area contributed by atoms with Crippen LogP contribution < -0.4 is 5.32 Å². The van der Waals surface area contributed by atoms with E-state index in [1.807, 2.05) is 30.3 Å². The van der Waals surface area contributed by atoms with Crippen molar-refractivity contribution in [3.05, 3.63) is 88.4 Å². The Hall–Kier alpha value is -3.42. The van der Waals surface area contributed by atoms with E-state index in [1.54, 1.807) is 4.68 Å². The number of nitrogens with zero attached hydrogens (tertiary/aromatic N) is 3. The number of aryl methyl sites for hydroxylation is 1. The number of fused-ring (bicyclic) bond motifs is 2. The molecule has 0 aliphatic carbocycles. The maximum absolute atomic E-state index is 13.1. The lowest BCUT2D eigenvalue weighted by Gasteiger charge is -2.27. The van der Waals surface area contributed by atoms with Gasteiger partial charge in [-0.05, 0) is 23.6 Å². The highest BCUT2D eigenvalue weighted by Crippen LogP contribution is 2.27. The largest absolute Gasteiger partial charge is 0.394 e. The van der Waals surface area contributed by atoms with E-state index in [0.717, 1.165) is 36.3 Å². The van der Waals surface area contributed by atoms with Gasteiger partial charge in [-0.2, -0.15) is 5.10 Å². The van der Waals surface area contributed by atoms with Gasteiger partial charge >= 0.3 is 0 Å².